The lowest BCUT2D eigenvalue weighted by molar-refractivity contribution is -0.164. The summed E-state index contributed by atoms with van der Waals surface area (Å²) in [6.45, 7) is 5.80. The molecule has 4 nitrogen and oxygen atoms in total. The maximum absolute atomic E-state index is 12.5. The Morgan fingerprint density at radius 1 is 1.12 bits per heavy atom. The second kappa shape index (κ2) is 9.02. The first-order valence-electron chi connectivity index (χ1n) is 9.26. The number of hydrogen-bond acceptors (Lipinski definition) is 4. The van der Waals surface area contributed by atoms with Gasteiger partial charge in [0.05, 0.1) is 12.3 Å². The van der Waals surface area contributed by atoms with Crippen LogP contribution in [0.25, 0.3) is 0 Å². The van der Waals surface area contributed by atoms with Crippen LogP contribution in [0.5, 0.6) is 0 Å². The molecule has 0 amide bonds. The highest BCUT2D eigenvalue weighted by atomic mass is 16.6. The average molecular weight is 346 g/mol. The summed E-state index contributed by atoms with van der Waals surface area (Å²) in [6, 6.07) is 9.57. The van der Waals surface area contributed by atoms with Gasteiger partial charge >= 0.3 is 11.9 Å². The molecule has 1 aromatic rings. The molecule has 0 aromatic heterocycles. The number of esters is 2. The van der Waals surface area contributed by atoms with Crippen molar-refractivity contribution >= 4 is 11.9 Å². The van der Waals surface area contributed by atoms with E-state index >= 15 is 0 Å². The van der Waals surface area contributed by atoms with E-state index in [1.165, 1.54) is 12.8 Å². The van der Waals surface area contributed by atoms with Gasteiger partial charge in [0.15, 0.2) is 0 Å². The Kier molecular flexibility index (Phi) is 7.03. The standard InChI is InChI=1S/C21H30O4/c1-21(2,3)25-20(23)18(13-16-9-7-8-10-16)14-19(22)24-15-17-11-5-4-6-12-17/h4-6,11-12,16,18H,7-10,13-15H2,1-3H3. The third-order valence-electron chi connectivity index (χ3n) is 4.49. The van der Waals surface area contributed by atoms with Crippen molar-refractivity contribution in [3.05, 3.63) is 35.9 Å². The zero-order valence-corrected chi connectivity index (χ0v) is 15.6. The fourth-order valence-corrected chi connectivity index (χ4v) is 3.29. The lowest BCUT2D eigenvalue weighted by Gasteiger charge is -2.25. The lowest BCUT2D eigenvalue weighted by atomic mass is 9.91. The minimum Gasteiger partial charge on any atom is -0.461 e. The molecular formula is C21H30O4. The van der Waals surface area contributed by atoms with E-state index in [9.17, 15) is 9.59 Å². The molecule has 0 radical (unpaired) electrons. The quantitative estimate of drug-likeness (QED) is 0.674. The maximum Gasteiger partial charge on any atom is 0.310 e. The van der Waals surface area contributed by atoms with Gasteiger partial charge in [-0.2, -0.15) is 0 Å². The molecule has 0 bridgehead atoms. The molecule has 0 saturated heterocycles. The van der Waals surface area contributed by atoms with Crippen LogP contribution in [0.1, 0.15) is 64.9 Å². The molecule has 1 aliphatic carbocycles. The van der Waals surface area contributed by atoms with E-state index in [1.54, 1.807) is 0 Å². The van der Waals surface area contributed by atoms with Crippen molar-refractivity contribution in [2.24, 2.45) is 11.8 Å². The zero-order chi connectivity index (χ0) is 18.3. The van der Waals surface area contributed by atoms with Crippen LogP contribution in [-0.2, 0) is 25.7 Å². The van der Waals surface area contributed by atoms with E-state index in [4.69, 9.17) is 9.47 Å². The van der Waals surface area contributed by atoms with Gasteiger partial charge in [-0.05, 0) is 38.7 Å². The fourth-order valence-electron chi connectivity index (χ4n) is 3.29. The summed E-state index contributed by atoms with van der Waals surface area (Å²) in [6.07, 6.45) is 5.51. The number of carbonyl (C=O) groups is 2. The van der Waals surface area contributed by atoms with Gasteiger partial charge in [0, 0.05) is 0 Å². The van der Waals surface area contributed by atoms with Gasteiger partial charge in [-0.25, -0.2) is 0 Å². The van der Waals surface area contributed by atoms with E-state index in [2.05, 4.69) is 0 Å². The summed E-state index contributed by atoms with van der Waals surface area (Å²) in [7, 11) is 0. The number of carbonyl (C=O) groups excluding carboxylic acids is 2. The predicted octanol–water partition coefficient (Wildman–Crippen LogP) is 4.66. The van der Waals surface area contributed by atoms with Crippen LogP contribution in [0.15, 0.2) is 30.3 Å². The van der Waals surface area contributed by atoms with Crippen LogP contribution in [0.3, 0.4) is 0 Å². The van der Waals surface area contributed by atoms with E-state index in [1.807, 2.05) is 51.1 Å². The smallest absolute Gasteiger partial charge is 0.310 e. The van der Waals surface area contributed by atoms with Crippen molar-refractivity contribution in [1.29, 1.82) is 0 Å². The van der Waals surface area contributed by atoms with E-state index < -0.39 is 11.5 Å². The fraction of sp³-hybridized carbons (Fsp3) is 0.619. The number of rotatable bonds is 7. The minimum absolute atomic E-state index is 0.0955. The first-order chi connectivity index (χ1) is 11.8. The SMILES string of the molecule is CC(C)(C)OC(=O)C(CC(=O)OCc1ccccc1)CC1CCCC1. The summed E-state index contributed by atoms with van der Waals surface area (Å²) in [5.74, 6) is -0.515. The maximum atomic E-state index is 12.5. The van der Waals surface area contributed by atoms with Gasteiger partial charge in [0.25, 0.3) is 0 Å². The number of benzene rings is 1. The predicted molar refractivity (Wildman–Crippen MR) is 96.8 cm³/mol. The van der Waals surface area contributed by atoms with Crippen molar-refractivity contribution in [2.75, 3.05) is 0 Å². The van der Waals surface area contributed by atoms with Gasteiger partial charge in [0.1, 0.15) is 12.2 Å². The van der Waals surface area contributed by atoms with E-state index in [0.717, 1.165) is 24.8 Å². The molecule has 138 valence electrons. The third-order valence-corrected chi connectivity index (χ3v) is 4.49. The van der Waals surface area contributed by atoms with Gasteiger partial charge in [-0.3, -0.25) is 9.59 Å². The van der Waals surface area contributed by atoms with Crippen LogP contribution in [0, 0.1) is 11.8 Å². The van der Waals surface area contributed by atoms with Gasteiger partial charge in [-0.1, -0.05) is 56.0 Å². The molecule has 0 N–H and O–H groups in total. The molecule has 1 atom stereocenters. The molecule has 1 aromatic carbocycles. The van der Waals surface area contributed by atoms with E-state index in [0.29, 0.717) is 5.92 Å². The Morgan fingerprint density at radius 2 is 1.76 bits per heavy atom. The van der Waals surface area contributed by atoms with Gasteiger partial charge < -0.3 is 9.47 Å². The van der Waals surface area contributed by atoms with Crippen LogP contribution < -0.4 is 0 Å². The molecular weight excluding hydrogens is 316 g/mol. The van der Waals surface area contributed by atoms with Crippen LogP contribution >= 0.6 is 0 Å². The Balaban J connectivity index is 1.91. The normalized spacial score (nSPS) is 16.4. The molecule has 25 heavy (non-hydrogen) atoms. The largest absolute Gasteiger partial charge is 0.461 e. The highest BCUT2D eigenvalue weighted by Gasteiger charge is 2.31. The molecule has 0 heterocycles. The number of hydrogen-bond donors (Lipinski definition) is 0. The Hall–Kier alpha value is -1.84. The van der Waals surface area contributed by atoms with E-state index in [-0.39, 0.29) is 25.0 Å². The molecule has 0 spiro atoms. The van der Waals surface area contributed by atoms with Gasteiger partial charge in [-0.15, -0.1) is 0 Å². The van der Waals surface area contributed by atoms with Crippen LogP contribution in [-0.4, -0.2) is 17.5 Å². The van der Waals surface area contributed by atoms with Crippen LogP contribution in [0.2, 0.25) is 0 Å². The van der Waals surface area contributed by atoms with Crippen molar-refractivity contribution in [2.45, 2.75) is 71.5 Å². The summed E-state index contributed by atoms with van der Waals surface area (Å²) in [4.78, 5) is 24.8. The Morgan fingerprint density at radius 3 is 2.36 bits per heavy atom. The summed E-state index contributed by atoms with van der Waals surface area (Å²) in [5.41, 5.74) is 0.402. The number of ether oxygens (including phenoxy) is 2. The van der Waals surface area contributed by atoms with Crippen molar-refractivity contribution < 1.29 is 19.1 Å². The van der Waals surface area contributed by atoms with Crippen LogP contribution in [0.4, 0.5) is 0 Å². The lowest BCUT2D eigenvalue weighted by Crippen LogP contribution is -2.31. The molecule has 1 unspecified atom stereocenters. The molecule has 4 heteroatoms. The third kappa shape index (κ3) is 7.29. The molecule has 1 aliphatic rings. The van der Waals surface area contributed by atoms with Gasteiger partial charge in [0.2, 0.25) is 0 Å². The molecule has 0 aliphatic heterocycles. The average Bonchev–Trinajstić information content (AvgIpc) is 3.05. The second-order valence-corrected chi connectivity index (χ2v) is 7.97. The summed E-state index contributed by atoms with van der Waals surface area (Å²) >= 11 is 0. The first kappa shape index (κ1) is 19.5. The highest BCUT2D eigenvalue weighted by Crippen LogP contribution is 2.32. The monoisotopic (exact) mass is 346 g/mol. The van der Waals surface area contributed by atoms with Crippen molar-refractivity contribution in [3.8, 4) is 0 Å². The van der Waals surface area contributed by atoms with Crippen molar-refractivity contribution in [1.82, 2.24) is 0 Å². The molecule has 2 rings (SSSR count). The first-order valence-corrected chi connectivity index (χ1v) is 9.26. The Labute approximate surface area is 150 Å². The minimum atomic E-state index is -0.543. The summed E-state index contributed by atoms with van der Waals surface area (Å²) < 4.78 is 10.9. The second-order valence-electron chi connectivity index (χ2n) is 7.97. The molecule has 1 saturated carbocycles. The highest BCUT2D eigenvalue weighted by molar-refractivity contribution is 5.80. The Bertz CT molecular complexity index is 553. The molecule has 1 fully saturated rings. The topological polar surface area (TPSA) is 52.6 Å². The van der Waals surface area contributed by atoms with Crippen molar-refractivity contribution in [3.63, 3.8) is 0 Å². The zero-order valence-electron chi connectivity index (χ0n) is 15.6. The summed E-state index contributed by atoms with van der Waals surface area (Å²) in [5, 5.41) is 0.